The molecule has 2 fully saturated rings. The van der Waals surface area contributed by atoms with E-state index in [1.54, 1.807) is 0 Å². The Morgan fingerprint density at radius 3 is 2.24 bits per heavy atom. The van der Waals surface area contributed by atoms with Gasteiger partial charge in [0.1, 0.15) is 21.7 Å². The van der Waals surface area contributed by atoms with E-state index in [2.05, 4.69) is 15.4 Å². The number of hydrogen-bond acceptors (Lipinski definition) is 5. The molecular formula is C21H21F8N5O2S. The highest BCUT2D eigenvalue weighted by atomic mass is 32.2. The minimum Gasteiger partial charge on any atom is -0.320 e. The van der Waals surface area contributed by atoms with Gasteiger partial charge in [-0.2, -0.15) is 31.4 Å². The molecule has 2 heterocycles. The van der Waals surface area contributed by atoms with Gasteiger partial charge < -0.3 is 5.32 Å². The van der Waals surface area contributed by atoms with Crippen molar-refractivity contribution in [1.82, 2.24) is 14.8 Å². The Balaban J connectivity index is 1.85. The molecule has 1 atom stereocenters. The van der Waals surface area contributed by atoms with E-state index in [-0.39, 0.29) is 10.7 Å². The number of nitrogens with one attached hydrogen (secondary N) is 2. The number of carbonyl (C=O) groups is 1. The molecule has 1 amide bonds. The maximum Gasteiger partial charge on any atom is 0.420 e. The number of aromatic nitrogens is 3. The van der Waals surface area contributed by atoms with Gasteiger partial charge in [0.2, 0.25) is 5.92 Å². The van der Waals surface area contributed by atoms with Crippen molar-refractivity contribution in [2.24, 2.45) is 5.41 Å². The zero-order chi connectivity index (χ0) is 27.8. The van der Waals surface area contributed by atoms with Crippen LogP contribution in [0.5, 0.6) is 0 Å². The van der Waals surface area contributed by atoms with Gasteiger partial charge in [-0.1, -0.05) is 6.92 Å². The molecule has 0 bridgehead atoms. The minimum absolute atomic E-state index is 0.224. The van der Waals surface area contributed by atoms with E-state index < -0.39 is 93.9 Å². The second kappa shape index (κ2) is 8.11. The highest BCUT2D eigenvalue weighted by molar-refractivity contribution is 7.91. The number of carbonyl (C=O) groups excluding carboxylic acids is 1. The monoisotopic (exact) mass is 559 g/mol. The third-order valence-electron chi connectivity index (χ3n) is 6.49. The Hall–Kier alpha value is -2.78. The number of pyridine rings is 1. The molecule has 0 unspecified atom stereocenters. The molecule has 2 aromatic heterocycles. The Kier molecular flexibility index (Phi) is 5.97. The normalized spacial score (nSPS) is 21.6. The second-order valence-corrected chi connectivity index (χ2v) is 12.1. The Morgan fingerprint density at radius 2 is 1.78 bits per heavy atom. The van der Waals surface area contributed by atoms with Gasteiger partial charge in [0.05, 0.1) is 15.4 Å². The SMILES string of the molecule is CC1(Cn2nc(C3(C(F)(F)F)CC3)c(C(F)(F)F)c2C(=O)Nc2ccnc([S@@](C)(=N)=O)c2)CC(F)(F)C1. The van der Waals surface area contributed by atoms with Gasteiger partial charge in [-0.05, 0) is 30.4 Å². The second-order valence-electron chi connectivity index (χ2n) is 10.0. The Labute approximate surface area is 205 Å². The zero-order valence-corrected chi connectivity index (χ0v) is 20.2. The van der Waals surface area contributed by atoms with E-state index in [0.717, 1.165) is 24.6 Å². The number of rotatable bonds is 6. The number of hydrogen-bond donors (Lipinski definition) is 2. The molecule has 0 aromatic carbocycles. The zero-order valence-electron chi connectivity index (χ0n) is 19.4. The fourth-order valence-corrected chi connectivity index (χ4v) is 5.36. The predicted molar refractivity (Wildman–Crippen MR) is 114 cm³/mol. The summed E-state index contributed by atoms with van der Waals surface area (Å²) in [7, 11) is -3.38. The van der Waals surface area contributed by atoms with Crippen molar-refractivity contribution in [3.63, 3.8) is 0 Å². The summed E-state index contributed by atoms with van der Waals surface area (Å²) in [6, 6.07) is 2.10. The van der Waals surface area contributed by atoms with Gasteiger partial charge in [0, 0.05) is 37.5 Å². The summed E-state index contributed by atoms with van der Waals surface area (Å²) < 4.78 is 131. The fourth-order valence-electron chi connectivity index (χ4n) is 4.75. The minimum atomic E-state index is -5.44. The van der Waals surface area contributed by atoms with Crippen molar-refractivity contribution in [2.45, 2.75) is 67.9 Å². The molecule has 16 heteroatoms. The average molecular weight is 559 g/mol. The summed E-state index contributed by atoms with van der Waals surface area (Å²) in [6.45, 7) is 0.665. The van der Waals surface area contributed by atoms with Crippen LogP contribution in [0, 0.1) is 10.2 Å². The molecule has 0 radical (unpaired) electrons. The first-order valence-electron chi connectivity index (χ1n) is 10.8. The van der Waals surface area contributed by atoms with Crippen LogP contribution in [-0.2, 0) is 27.9 Å². The first-order valence-corrected chi connectivity index (χ1v) is 12.8. The molecular weight excluding hydrogens is 538 g/mol. The Bertz CT molecular complexity index is 1350. The van der Waals surface area contributed by atoms with Gasteiger partial charge in [-0.3, -0.25) is 9.48 Å². The maximum atomic E-state index is 14.2. The molecule has 37 heavy (non-hydrogen) atoms. The average Bonchev–Trinajstić information content (AvgIpc) is 3.41. The third kappa shape index (κ3) is 5.03. The Morgan fingerprint density at radius 1 is 1.19 bits per heavy atom. The lowest BCUT2D eigenvalue weighted by Gasteiger charge is -2.44. The fraction of sp³-hybridized carbons (Fsp3) is 0.571. The summed E-state index contributed by atoms with van der Waals surface area (Å²) in [5.74, 6) is -4.59. The molecule has 2 saturated carbocycles. The van der Waals surface area contributed by atoms with Crippen LogP contribution >= 0.6 is 0 Å². The predicted octanol–water partition coefficient (Wildman–Crippen LogP) is 5.61. The number of nitrogens with zero attached hydrogens (tertiary/aromatic N) is 3. The lowest BCUT2D eigenvalue weighted by molar-refractivity contribution is -0.166. The standard InChI is InChI=1S/C21H21F8N5O2S/c1-17(8-19(22,23)9-17)10-34-14(16(35)32-11-3-6-31-12(7-11)37(2,30)36)13(20(24,25)26)15(33-34)18(4-5-18)21(27,28)29/h3,6-7,30H,4-5,8-10H2,1-2H3,(H,31,32,35)/t37-/m0/s1. The first kappa shape index (κ1) is 27.3. The largest absolute Gasteiger partial charge is 0.420 e. The van der Waals surface area contributed by atoms with E-state index in [4.69, 9.17) is 4.78 Å². The van der Waals surface area contributed by atoms with Crippen LogP contribution in [0.15, 0.2) is 23.4 Å². The van der Waals surface area contributed by atoms with Crippen molar-refractivity contribution >= 4 is 21.3 Å². The lowest BCUT2D eigenvalue weighted by Crippen LogP contribution is -2.47. The lowest BCUT2D eigenvalue weighted by atomic mass is 9.67. The van der Waals surface area contributed by atoms with Crippen LogP contribution in [0.2, 0.25) is 0 Å². The van der Waals surface area contributed by atoms with E-state index in [1.807, 2.05) is 0 Å². The number of anilines is 1. The maximum absolute atomic E-state index is 14.2. The van der Waals surface area contributed by atoms with Crippen molar-refractivity contribution in [3.8, 4) is 0 Å². The van der Waals surface area contributed by atoms with Gasteiger partial charge >= 0.3 is 12.4 Å². The van der Waals surface area contributed by atoms with Gasteiger partial charge in [-0.15, -0.1) is 0 Å². The van der Waals surface area contributed by atoms with Gasteiger partial charge in [0.25, 0.3) is 5.91 Å². The molecule has 0 aliphatic heterocycles. The van der Waals surface area contributed by atoms with Crippen LogP contribution in [0.25, 0.3) is 0 Å². The smallest absolute Gasteiger partial charge is 0.320 e. The summed E-state index contributed by atoms with van der Waals surface area (Å²) in [5.41, 5.74) is -8.96. The summed E-state index contributed by atoms with van der Waals surface area (Å²) in [5, 5.41) is 5.40. The summed E-state index contributed by atoms with van der Waals surface area (Å²) in [4.78, 5) is 16.9. The molecule has 0 spiro atoms. The van der Waals surface area contributed by atoms with Crippen molar-refractivity contribution in [3.05, 3.63) is 35.3 Å². The van der Waals surface area contributed by atoms with Crippen molar-refractivity contribution in [1.29, 1.82) is 4.78 Å². The molecule has 4 rings (SSSR count). The molecule has 7 nitrogen and oxygen atoms in total. The topological polar surface area (TPSA) is 101 Å². The van der Waals surface area contributed by atoms with Crippen LogP contribution in [-0.4, -0.2) is 43.2 Å². The highest BCUT2D eigenvalue weighted by Gasteiger charge is 2.68. The van der Waals surface area contributed by atoms with E-state index >= 15 is 0 Å². The van der Waals surface area contributed by atoms with E-state index in [9.17, 15) is 44.1 Å². The number of halogens is 8. The van der Waals surface area contributed by atoms with Crippen LogP contribution in [0.1, 0.15) is 54.4 Å². The van der Waals surface area contributed by atoms with Crippen molar-refractivity contribution < 1.29 is 44.1 Å². The van der Waals surface area contributed by atoms with Crippen LogP contribution in [0.3, 0.4) is 0 Å². The quantitative estimate of drug-likeness (QED) is 0.449. The van der Waals surface area contributed by atoms with Crippen molar-refractivity contribution in [2.75, 3.05) is 11.6 Å². The molecule has 2 N–H and O–H groups in total. The highest BCUT2D eigenvalue weighted by Crippen LogP contribution is 2.61. The molecule has 2 aromatic rings. The molecule has 0 saturated heterocycles. The molecule has 2 aliphatic rings. The summed E-state index contributed by atoms with van der Waals surface area (Å²) >= 11 is 0. The molecule has 2 aliphatic carbocycles. The summed E-state index contributed by atoms with van der Waals surface area (Å²) in [6.07, 6.45) is -11.3. The number of amides is 1. The van der Waals surface area contributed by atoms with Gasteiger partial charge in [-0.25, -0.2) is 22.8 Å². The number of alkyl halides is 8. The first-order chi connectivity index (χ1) is 16.7. The van der Waals surface area contributed by atoms with Crippen LogP contribution < -0.4 is 5.32 Å². The molecule has 204 valence electrons. The van der Waals surface area contributed by atoms with Crippen LogP contribution in [0.4, 0.5) is 40.8 Å². The third-order valence-corrected chi connectivity index (χ3v) is 7.51. The van der Waals surface area contributed by atoms with E-state index in [1.165, 1.54) is 6.92 Å². The van der Waals surface area contributed by atoms with Gasteiger partial charge in [0.15, 0.2) is 0 Å². The van der Waals surface area contributed by atoms with E-state index in [0.29, 0.717) is 4.68 Å².